The number of H-pyrrole nitrogens is 1. The van der Waals surface area contributed by atoms with Crippen molar-refractivity contribution in [1.29, 1.82) is 0 Å². The van der Waals surface area contributed by atoms with Crippen molar-refractivity contribution in [2.24, 2.45) is 5.92 Å². The Balaban J connectivity index is 2.25. The van der Waals surface area contributed by atoms with E-state index in [9.17, 15) is 4.79 Å². The predicted octanol–water partition coefficient (Wildman–Crippen LogP) is 2.39. The number of aromatic nitrogens is 2. The van der Waals surface area contributed by atoms with Crippen LogP contribution in [0.15, 0.2) is 6.20 Å². The quantitative estimate of drug-likeness (QED) is 0.558. The third-order valence-electron chi connectivity index (χ3n) is 2.33. The van der Waals surface area contributed by atoms with Gasteiger partial charge < -0.3 is 10.7 Å². The van der Waals surface area contributed by atoms with Crippen molar-refractivity contribution in [3.05, 3.63) is 11.9 Å². The zero-order valence-corrected chi connectivity index (χ0v) is 9.42. The van der Waals surface area contributed by atoms with Crippen molar-refractivity contribution in [1.82, 2.24) is 9.97 Å². The molecule has 0 radical (unpaired) electrons. The Hall–Kier alpha value is -1.32. The Kier molecular flexibility index (Phi) is 4.34. The van der Waals surface area contributed by atoms with Crippen LogP contribution in [0.2, 0.25) is 0 Å². The number of nitrogens with zero attached hydrogens (tertiary/aromatic N) is 1. The zero-order chi connectivity index (χ0) is 11.3. The number of rotatable bonds is 6. The van der Waals surface area contributed by atoms with Crippen molar-refractivity contribution < 1.29 is 4.79 Å². The maximum Gasteiger partial charge on any atom is 0.197 e. The second-order valence-electron chi connectivity index (χ2n) is 4.24. The highest BCUT2D eigenvalue weighted by Crippen LogP contribution is 2.10. The van der Waals surface area contributed by atoms with Crippen LogP contribution in [0, 0.1) is 5.92 Å². The average Bonchev–Trinajstić information content (AvgIpc) is 2.59. The normalized spacial score (nSPS) is 10.9. The lowest BCUT2D eigenvalue weighted by molar-refractivity contribution is 0.0974. The van der Waals surface area contributed by atoms with Gasteiger partial charge in [0.2, 0.25) is 0 Å². The number of Topliss-reactive ketones (excluding diaryl/α,β-unsaturated/α-hetero) is 1. The molecule has 0 fully saturated rings. The Morgan fingerprint density at radius 1 is 1.53 bits per heavy atom. The van der Waals surface area contributed by atoms with Gasteiger partial charge in [-0.15, -0.1) is 0 Å². The minimum atomic E-state index is 0.1000. The summed E-state index contributed by atoms with van der Waals surface area (Å²) >= 11 is 0. The van der Waals surface area contributed by atoms with E-state index in [0.29, 0.717) is 24.0 Å². The minimum Gasteiger partial charge on any atom is -0.369 e. The molecule has 15 heavy (non-hydrogen) atoms. The number of carbonyl (C=O) groups excluding carboxylic acids is 1. The highest BCUT2D eigenvalue weighted by Gasteiger charge is 2.08. The number of unbranched alkanes of at least 4 members (excludes halogenated alkanes) is 1. The smallest absolute Gasteiger partial charge is 0.197 e. The molecule has 84 valence electrons. The first-order valence-corrected chi connectivity index (χ1v) is 5.43. The van der Waals surface area contributed by atoms with Crippen LogP contribution in [-0.2, 0) is 0 Å². The molecule has 4 nitrogen and oxygen atoms in total. The molecule has 0 bridgehead atoms. The molecule has 0 saturated carbocycles. The molecule has 0 saturated heterocycles. The number of nitrogens with one attached hydrogen (secondary N) is 1. The number of hydrogen-bond acceptors (Lipinski definition) is 3. The van der Waals surface area contributed by atoms with Gasteiger partial charge in [-0.05, 0) is 12.3 Å². The average molecular weight is 209 g/mol. The summed E-state index contributed by atoms with van der Waals surface area (Å²) in [5.41, 5.74) is 5.92. The van der Waals surface area contributed by atoms with Crippen LogP contribution in [-0.4, -0.2) is 15.8 Å². The van der Waals surface area contributed by atoms with E-state index < -0.39 is 0 Å². The lowest BCUT2D eigenvalue weighted by atomic mass is 10.0. The van der Waals surface area contributed by atoms with E-state index in [1.165, 1.54) is 12.6 Å². The number of nitrogen functional groups attached to an aromatic ring is 1. The van der Waals surface area contributed by atoms with Gasteiger partial charge in [0.05, 0.1) is 6.20 Å². The third-order valence-corrected chi connectivity index (χ3v) is 2.33. The highest BCUT2D eigenvalue weighted by atomic mass is 16.1. The first-order chi connectivity index (χ1) is 7.09. The van der Waals surface area contributed by atoms with E-state index in [-0.39, 0.29) is 5.78 Å². The van der Waals surface area contributed by atoms with Crippen LogP contribution in [0.1, 0.15) is 50.0 Å². The molecular formula is C11H19N3O. The summed E-state index contributed by atoms with van der Waals surface area (Å²) in [5.74, 6) is 1.12. The Morgan fingerprint density at radius 2 is 2.27 bits per heavy atom. The summed E-state index contributed by atoms with van der Waals surface area (Å²) < 4.78 is 0. The van der Waals surface area contributed by atoms with Gasteiger partial charge in [0.15, 0.2) is 11.7 Å². The topological polar surface area (TPSA) is 71.8 Å². The van der Waals surface area contributed by atoms with Gasteiger partial charge in [0.25, 0.3) is 0 Å². The summed E-state index contributed by atoms with van der Waals surface area (Å²) in [4.78, 5) is 18.1. The first-order valence-electron chi connectivity index (χ1n) is 5.43. The lowest BCUT2D eigenvalue weighted by Crippen LogP contribution is -2.00. The largest absolute Gasteiger partial charge is 0.369 e. The van der Waals surface area contributed by atoms with Gasteiger partial charge >= 0.3 is 0 Å². The van der Waals surface area contributed by atoms with E-state index in [1.54, 1.807) is 0 Å². The summed E-state index contributed by atoms with van der Waals surface area (Å²) in [6.45, 7) is 4.38. The lowest BCUT2D eigenvalue weighted by Gasteiger charge is -2.02. The molecule has 1 aromatic heterocycles. The third kappa shape index (κ3) is 4.14. The molecule has 0 aliphatic heterocycles. The number of imidazole rings is 1. The second-order valence-corrected chi connectivity index (χ2v) is 4.24. The van der Waals surface area contributed by atoms with Crippen molar-refractivity contribution >= 4 is 11.7 Å². The van der Waals surface area contributed by atoms with Crippen LogP contribution in [0.3, 0.4) is 0 Å². The van der Waals surface area contributed by atoms with Crippen molar-refractivity contribution in [2.45, 2.75) is 39.5 Å². The van der Waals surface area contributed by atoms with Crippen LogP contribution in [0.4, 0.5) is 5.95 Å². The number of ketones is 1. The van der Waals surface area contributed by atoms with Crippen LogP contribution < -0.4 is 5.73 Å². The summed E-state index contributed by atoms with van der Waals surface area (Å²) in [6.07, 6.45) is 5.30. The number of carbonyl (C=O) groups is 1. The zero-order valence-electron chi connectivity index (χ0n) is 9.42. The molecule has 0 spiro atoms. The maximum absolute atomic E-state index is 11.6. The maximum atomic E-state index is 11.6. The monoisotopic (exact) mass is 209 g/mol. The number of aromatic amines is 1. The standard InChI is InChI=1S/C11H19N3O/c1-8(2)5-3-4-6-10(15)9-7-13-11(12)14-9/h7-8H,3-6H2,1-2H3,(H3,12,13,14). The van der Waals surface area contributed by atoms with Crippen molar-refractivity contribution in [3.8, 4) is 0 Å². The molecule has 0 unspecified atom stereocenters. The Labute approximate surface area is 90.3 Å². The molecular weight excluding hydrogens is 190 g/mol. The predicted molar refractivity (Wildman–Crippen MR) is 60.6 cm³/mol. The number of hydrogen-bond donors (Lipinski definition) is 2. The summed E-state index contributed by atoms with van der Waals surface area (Å²) in [5, 5.41) is 0. The fourth-order valence-electron chi connectivity index (χ4n) is 1.45. The van der Waals surface area contributed by atoms with Crippen molar-refractivity contribution in [3.63, 3.8) is 0 Å². The molecule has 0 amide bonds. The van der Waals surface area contributed by atoms with Gasteiger partial charge in [-0.3, -0.25) is 4.79 Å². The van der Waals surface area contributed by atoms with Crippen LogP contribution in [0.5, 0.6) is 0 Å². The van der Waals surface area contributed by atoms with Gasteiger partial charge in [-0.1, -0.05) is 26.7 Å². The molecule has 0 aromatic carbocycles. The molecule has 1 rings (SSSR count). The van der Waals surface area contributed by atoms with E-state index in [2.05, 4.69) is 23.8 Å². The van der Waals surface area contributed by atoms with Gasteiger partial charge in [0.1, 0.15) is 5.69 Å². The van der Waals surface area contributed by atoms with Crippen LogP contribution in [0.25, 0.3) is 0 Å². The molecule has 4 heteroatoms. The number of anilines is 1. The fraction of sp³-hybridized carbons (Fsp3) is 0.636. The number of nitrogens with two attached hydrogens (primary N) is 1. The van der Waals surface area contributed by atoms with E-state index in [4.69, 9.17) is 5.73 Å². The van der Waals surface area contributed by atoms with E-state index in [0.717, 1.165) is 12.8 Å². The summed E-state index contributed by atoms with van der Waals surface area (Å²) in [7, 11) is 0. The molecule has 0 aliphatic rings. The van der Waals surface area contributed by atoms with E-state index in [1.807, 2.05) is 0 Å². The second kappa shape index (κ2) is 5.53. The molecule has 3 N–H and O–H groups in total. The first kappa shape index (κ1) is 11.8. The van der Waals surface area contributed by atoms with E-state index >= 15 is 0 Å². The highest BCUT2D eigenvalue weighted by molar-refractivity contribution is 5.94. The van der Waals surface area contributed by atoms with Gasteiger partial charge in [-0.2, -0.15) is 0 Å². The Bertz CT molecular complexity index is 317. The minimum absolute atomic E-state index is 0.1000. The van der Waals surface area contributed by atoms with Gasteiger partial charge in [0, 0.05) is 6.42 Å². The summed E-state index contributed by atoms with van der Waals surface area (Å²) in [6, 6.07) is 0. The molecule has 1 heterocycles. The van der Waals surface area contributed by atoms with Crippen LogP contribution >= 0.6 is 0 Å². The molecule has 0 atom stereocenters. The SMILES string of the molecule is CC(C)CCCCC(=O)c1cnc(N)[nH]1. The van der Waals surface area contributed by atoms with Gasteiger partial charge in [-0.25, -0.2) is 4.98 Å². The van der Waals surface area contributed by atoms with Crippen molar-refractivity contribution in [2.75, 3.05) is 5.73 Å². The molecule has 1 aromatic rings. The Morgan fingerprint density at radius 3 is 2.80 bits per heavy atom. The fourth-order valence-corrected chi connectivity index (χ4v) is 1.45. The molecule has 0 aliphatic carbocycles.